The Morgan fingerprint density at radius 1 is 0.173 bits per heavy atom. The Balaban J connectivity index is 7.74. The molecule has 0 aliphatic heterocycles. The zero-order valence-electron chi connectivity index (χ0n) is 21.7. The van der Waals surface area contributed by atoms with Crippen molar-refractivity contribution < 1.29 is 154 Å². The molecule has 0 heterocycles. The van der Waals surface area contributed by atoms with Crippen molar-refractivity contribution in [1.29, 1.82) is 0 Å². The molecule has 35 heteroatoms. The lowest BCUT2D eigenvalue weighted by atomic mass is 9.82. The molecule has 313 valence electrons. The van der Waals surface area contributed by atoms with E-state index in [4.69, 9.17) is 0 Å². The fourth-order valence-corrected chi connectivity index (χ4v) is 2.86. The van der Waals surface area contributed by atoms with Crippen LogP contribution >= 0.6 is 0 Å². The summed E-state index contributed by atoms with van der Waals surface area (Å²) in [5.74, 6) is -146. The molecule has 0 aromatic rings. The molecule has 0 aliphatic rings. The first-order valence-corrected chi connectivity index (χ1v) is 10.6. The van der Waals surface area contributed by atoms with E-state index in [9.17, 15) is 154 Å². The standard InChI is InChI=1S/C17F35/c18-1(19)2(20,21)3(22,23)4(24,25)5(26,27)6(28,29)7(30,31)8(32,33)9(34,35)10(36,37)11(38,39)12(40,41)13(42,43)14(44,45)15(46,47)16(48,49)17(50,51)52. The van der Waals surface area contributed by atoms with Gasteiger partial charge in [0.15, 0.2) is 0 Å². The minimum absolute atomic E-state index is 5.59. The summed E-state index contributed by atoms with van der Waals surface area (Å²) in [5, 5.41) is 0. The van der Waals surface area contributed by atoms with Gasteiger partial charge in [-0.1, -0.05) is 0 Å². The predicted molar refractivity (Wildman–Crippen MR) is 85.7 cm³/mol. The Morgan fingerprint density at radius 2 is 0.288 bits per heavy atom. The van der Waals surface area contributed by atoms with Gasteiger partial charge >= 0.3 is 101 Å². The summed E-state index contributed by atoms with van der Waals surface area (Å²) >= 11 is 0. The highest BCUT2D eigenvalue weighted by atomic mass is 19.4. The van der Waals surface area contributed by atoms with Crippen LogP contribution in [0.15, 0.2) is 0 Å². The molecule has 0 aromatic heterocycles. The molecular formula is C17F35. The molecule has 0 amide bonds. The van der Waals surface area contributed by atoms with Gasteiger partial charge in [0.05, 0.1) is 0 Å². The smallest absolute Gasteiger partial charge is 0.192 e. The molecule has 0 bridgehead atoms. The maximum atomic E-state index is 13.7. The molecule has 0 aromatic carbocycles. The minimum atomic E-state index is -10.3. The largest absolute Gasteiger partial charge is 0.460 e. The summed E-state index contributed by atoms with van der Waals surface area (Å²) in [6.07, 6.45) is -14.0. The van der Waals surface area contributed by atoms with E-state index in [1.54, 1.807) is 0 Å². The van der Waals surface area contributed by atoms with Crippen LogP contribution in [0.4, 0.5) is 154 Å². The second kappa shape index (κ2) is 11.8. The molecule has 0 spiro atoms. The van der Waals surface area contributed by atoms with Gasteiger partial charge in [0.2, 0.25) is 0 Å². The fraction of sp³-hybridized carbons (Fsp3) is 0.941. The molecule has 52 heavy (non-hydrogen) atoms. The highest BCUT2D eigenvalue weighted by molar-refractivity contribution is 5.22. The second-order valence-electron chi connectivity index (χ2n) is 9.37. The average Bonchev–Trinajstić information content (AvgIpc) is 2.90. The Labute approximate surface area is 256 Å². The third kappa shape index (κ3) is 5.37. The fourth-order valence-electron chi connectivity index (χ4n) is 2.86. The summed E-state index contributed by atoms with van der Waals surface area (Å²) in [5.41, 5.74) is 0. The summed E-state index contributed by atoms with van der Waals surface area (Å²) in [6, 6.07) is 0. The van der Waals surface area contributed by atoms with Gasteiger partial charge in [0, 0.05) is 0 Å². The Hall–Kier alpha value is -2.45. The van der Waals surface area contributed by atoms with Crippen LogP contribution in [0.3, 0.4) is 0 Å². The maximum Gasteiger partial charge on any atom is 0.460 e. The zero-order chi connectivity index (χ0) is 43.6. The average molecular weight is 869 g/mol. The topological polar surface area (TPSA) is 0 Å². The van der Waals surface area contributed by atoms with Gasteiger partial charge in [0.25, 0.3) is 0 Å². The first-order chi connectivity index (χ1) is 21.7. The van der Waals surface area contributed by atoms with E-state index in [1.165, 1.54) is 0 Å². The molecule has 0 saturated heterocycles. The Morgan fingerprint density at radius 3 is 0.404 bits per heavy atom. The van der Waals surface area contributed by atoms with Crippen LogP contribution < -0.4 is 0 Å². The van der Waals surface area contributed by atoms with Gasteiger partial charge < -0.3 is 0 Å². The maximum absolute atomic E-state index is 13.7. The van der Waals surface area contributed by atoms with Gasteiger partial charge in [-0.25, -0.2) is 0 Å². The SMILES string of the molecule is F[C](F)C(F)(F)C(F)(F)C(F)(F)C(F)(F)C(F)(F)C(F)(F)C(F)(F)C(F)(F)C(F)(F)C(F)(F)C(F)(F)C(F)(F)C(F)(F)C(F)(F)C(F)(F)C(F)(F)F. The number of alkyl halides is 33. The van der Waals surface area contributed by atoms with Crippen LogP contribution in [0.2, 0.25) is 0 Å². The van der Waals surface area contributed by atoms with Crippen LogP contribution in [0, 0.1) is 6.43 Å². The summed E-state index contributed by atoms with van der Waals surface area (Å²) in [6.45, 7) is 0. The van der Waals surface area contributed by atoms with Gasteiger partial charge in [0.1, 0.15) is 0 Å². The molecule has 1 radical (unpaired) electrons. The Bertz CT molecular complexity index is 1290. The van der Waals surface area contributed by atoms with Crippen LogP contribution in [0.5, 0.6) is 0 Å². The number of hydrogen-bond acceptors (Lipinski definition) is 0. The summed E-state index contributed by atoms with van der Waals surface area (Å²) in [4.78, 5) is 0. The van der Waals surface area contributed by atoms with Crippen LogP contribution in [-0.4, -0.2) is 95.0 Å². The molecule has 0 fully saturated rings. The molecule has 0 unspecified atom stereocenters. The van der Waals surface area contributed by atoms with Crippen molar-refractivity contribution in [2.75, 3.05) is 0 Å². The van der Waals surface area contributed by atoms with Crippen molar-refractivity contribution in [3.8, 4) is 0 Å². The molecule has 0 aliphatic carbocycles. The van der Waals surface area contributed by atoms with Crippen molar-refractivity contribution in [1.82, 2.24) is 0 Å². The van der Waals surface area contributed by atoms with Gasteiger partial charge in [-0.2, -0.15) is 154 Å². The van der Waals surface area contributed by atoms with Crippen molar-refractivity contribution in [3.63, 3.8) is 0 Å². The highest BCUT2D eigenvalue weighted by Gasteiger charge is 3.02. The third-order valence-corrected chi connectivity index (χ3v) is 6.11. The molecule has 0 nitrogen and oxygen atoms in total. The van der Waals surface area contributed by atoms with E-state index in [1.807, 2.05) is 0 Å². The monoisotopic (exact) mass is 869 g/mol. The van der Waals surface area contributed by atoms with E-state index in [-0.39, 0.29) is 0 Å². The molecule has 0 N–H and O–H groups in total. The van der Waals surface area contributed by atoms with Gasteiger partial charge in [-0.05, 0) is 0 Å². The minimum Gasteiger partial charge on any atom is -0.192 e. The number of halogens is 35. The molecule has 0 rings (SSSR count). The zero-order valence-corrected chi connectivity index (χ0v) is 21.7. The van der Waals surface area contributed by atoms with Gasteiger partial charge in [-0.3, -0.25) is 0 Å². The lowest BCUT2D eigenvalue weighted by molar-refractivity contribution is -0.491. The molecule has 0 saturated carbocycles. The van der Waals surface area contributed by atoms with Crippen LogP contribution in [-0.2, 0) is 0 Å². The van der Waals surface area contributed by atoms with E-state index < -0.39 is 101 Å². The molecule has 0 atom stereocenters. The third-order valence-electron chi connectivity index (χ3n) is 6.11. The lowest BCUT2D eigenvalue weighted by Gasteiger charge is -2.46. The van der Waals surface area contributed by atoms with Crippen LogP contribution in [0.1, 0.15) is 0 Å². The second-order valence-corrected chi connectivity index (χ2v) is 9.37. The quantitative estimate of drug-likeness (QED) is 0.144. The summed E-state index contributed by atoms with van der Waals surface area (Å²) < 4.78 is 462. The van der Waals surface area contributed by atoms with E-state index in [2.05, 4.69) is 0 Å². The van der Waals surface area contributed by atoms with E-state index in [0.29, 0.717) is 0 Å². The Kier molecular flexibility index (Phi) is 11.2. The van der Waals surface area contributed by atoms with Crippen molar-refractivity contribution in [2.24, 2.45) is 0 Å². The first kappa shape index (κ1) is 49.6. The first-order valence-electron chi connectivity index (χ1n) is 10.6. The van der Waals surface area contributed by atoms with E-state index in [0.717, 1.165) is 0 Å². The lowest BCUT2D eigenvalue weighted by Crippen LogP contribution is -2.80. The normalized spacial score (nSPS) is 17.3. The van der Waals surface area contributed by atoms with Crippen molar-refractivity contribution in [3.05, 3.63) is 6.43 Å². The summed E-state index contributed by atoms with van der Waals surface area (Å²) in [7, 11) is 0. The van der Waals surface area contributed by atoms with Gasteiger partial charge in [-0.15, -0.1) is 0 Å². The van der Waals surface area contributed by atoms with Crippen LogP contribution in [0.25, 0.3) is 0 Å². The number of hydrogen-bond donors (Lipinski definition) is 0. The highest BCUT2D eigenvalue weighted by Crippen LogP contribution is 2.70. The molecular weight excluding hydrogens is 869 g/mol. The van der Waals surface area contributed by atoms with E-state index >= 15 is 0 Å². The van der Waals surface area contributed by atoms with Crippen molar-refractivity contribution >= 4 is 0 Å². The predicted octanol–water partition coefficient (Wildman–Crippen LogP) is 11.5. The van der Waals surface area contributed by atoms with Crippen molar-refractivity contribution in [2.45, 2.75) is 95.0 Å². The number of rotatable bonds is 15.